The average Bonchev–Trinajstić information content (AvgIpc) is 2.91. The van der Waals surface area contributed by atoms with Gasteiger partial charge in [0.05, 0.1) is 0 Å². The van der Waals surface area contributed by atoms with Gasteiger partial charge in [-0.1, -0.05) is 0 Å². The standard InChI is InChI=1S/C17H21NO3S/c1-11(2)18-7-5-13(6-8-18)21-14-3-4-15-12(9-14)10-16(22-15)17(19)20/h3-4,9-11,13H,5-8H2,1-2H3,(H,19,20). The Balaban J connectivity index is 1.68. The van der Waals surface area contributed by atoms with Crippen molar-refractivity contribution in [3.8, 4) is 5.75 Å². The second-order valence-corrected chi connectivity index (χ2v) is 7.15. The fourth-order valence-electron chi connectivity index (χ4n) is 2.90. The fourth-order valence-corrected chi connectivity index (χ4v) is 3.78. The van der Waals surface area contributed by atoms with E-state index in [1.807, 2.05) is 18.2 Å². The predicted molar refractivity (Wildman–Crippen MR) is 89.1 cm³/mol. The minimum atomic E-state index is -0.871. The summed E-state index contributed by atoms with van der Waals surface area (Å²) in [6.07, 6.45) is 2.34. The fraction of sp³-hybridized carbons (Fsp3) is 0.471. The Hall–Kier alpha value is -1.59. The lowest BCUT2D eigenvalue weighted by molar-refractivity contribution is 0.0702. The Kier molecular flexibility index (Phi) is 4.36. The summed E-state index contributed by atoms with van der Waals surface area (Å²) < 4.78 is 7.08. The molecule has 22 heavy (non-hydrogen) atoms. The number of ether oxygens (including phenoxy) is 1. The highest BCUT2D eigenvalue weighted by molar-refractivity contribution is 7.20. The van der Waals surface area contributed by atoms with E-state index in [4.69, 9.17) is 9.84 Å². The number of aromatic carboxylic acids is 1. The van der Waals surface area contributed by atoms with Gasteiger partial charge in [0.25, 0.3) is 0 Å². The van der Waals surface area contributed by atoms with Gasteiger partial charge >= 0.3 is 5.97 Å². The van der Waals surface area contributed by atoms with Gasteiger partial charge in [0.1, 0.15) is 16.7 Å². The molecule has 3 rings (SSSR count). The highest BCUT2D eigenvalue weighted by Gasteiger charge is 2.22. The second-order valence-electron chi connectivity index (χ2n) is 6.06. The van der Waals surface area contributed by atoms with Crippen molar-refractivity contribution in [3.05, 3.63) is 29.1 Å². The number of carbonyl (C=O) groups is 1. The number of hydrogen-bond acceptors (Lipinski definition) is 4. The summed E-state index contributed by atoms with van der Waals surface area (Å²) in [4.78, 5) is 13.9. The third kappa shape index (κ3) is 3.25. The molecule has 1 N–H and O–H groups in total. The van der Waals surface area contributed by atoms with Crippen molar-refractivity contribution in [2.24, 2.45) is 0 Å². The van der Waals surface area contributed by atoms with E-state index in [0.29, 0.717) is 10.9 Å². The second kappa shape index (κ2) is 6.26. The van der Waals surface area contributed by atoms with E-state index in [1.54, 1.807) is 6.07 Å². The molecular formula is C17H21NO3S. The van der Waals surface area contributed by atoms with Crippen molar-refractivity contribution >= 4 is 27.4 Å². The molecule has 2 aromatic rings. The molecule has 0 aliphatic carbocycles. The van der Waals surface area contributed by atoms with Crippen LogP contribution in [-0.2, 0) is 0 Å². The molecule has 1 fully saturated rings. The van der Waals surface area contributed by atoms with Gasteiger partial charge in [-0.2, -0.15) is 0 Å². The van der Waals surface area contributed by atoms with Crippen molar-refractivity contribution in [1.29, 1.82) is 0 Å². The summed E-state index contributed by atoms with van der Waals surface area (Å²) >= 11 is 1.30. The molecule has 0 unspecified atom stereocenters. The van der Waals surface area contributed by atoms with Gasteiger partial charge in [0.15, 0.2) is 0 Å². The summed E-state index contributed by atoms with van der Waals surface area (Å²) in [6.45, 7) is 6.61. The van der Waals surface area contributed by atoms with Crippen molar-refractivity contribution in [2.45, 2.75) is 38.8 Å². The Morgan fingerprint density at radius 2 is 2.05 bits per heavy atom. The monoisotopic (exact) mass is 319 g/mol. The van der Waals surface area contributed by atoms with Crippen molar-refractivity contribution < 1.29 is 14.6 Å². The van der Waals surface area contributed by atoms with Crippen molar-refractivity contribution in [2.75, 3.05) is 13.1 Å². The number of carboxylic acids is 1. The summed E-state index contributed by atoms with van der Waals surface area (Å²) in [5.74, 6) is -0.0324. The summed E-state index contributed by atoms with van der Waals surface area (Å²) in [6, 6.07) is 8.16. The first-order valence-electron chi connectivity index (χ1n) is 7.70. The molecule has 1 aliphatic rings. The molecule has 4 nitrogen and oxygen atoms in total. The maximum absolute atomic E-state index is 11.0. The third-order valence-electron chi connectivity index (χ3n) is 4.21. The van der Waals surface area contributed by atoms with E-state index < -0.39 is 5.97 Å². The molecule has 1 saturated heterocycles. The molecule has 0 spiro atoms. The third-order valence-corrected chi connectivity index (χ3v) is 5.31. The average molecular weight is 319 g/mol. The molecule has 5 heteroatoms. The lowest BCUT2D eigenvalue weighted by atomic mass is 10.1. The first-order chi connectivity index (χ1) is 10.5. The van der Waals surface area contributed by atoms with Gasteiger partial charge in [0.2, 0.25) is 0 Å². The predicted octanol–water partition coefficient (Wildman–Crippen LogP) is 3.85. The van der Waals surface area contributed by atoms with Crippen LogP contribution in [0.2, 0.25) is 0 Å². The summed E-state index contributed by atoms with van der Waals surface area (Å²) in [5, 5.41) is 10.0. The van der Waals surface area contributed by atoms with Crippen LogP contribution >= 0.6 is 11.3 Å². The number of benzene rings is 1. The van der Waals surface area contributed by atoms with Gasteiger partial charge in [-0.25, -0.2) is 4.79 Å². The van der Waals surface area contributed by atoms with Crippen LogP contribution in [0.25, 0.3) is 10.1 Å². The van der Waals surface area contributed by atoms with Crippen LogP contribution in [0.1, 0.15) is 36.4 Å². The highest BCUT2D eigenvalue weighted by Crippen LogP contribution is 2.30. The number of rotatable bonds is 4. The number of thiophene rings is 1. The normalized spacial score (nSPS) is 17.2. The van der Waals surface area contributed by atoms with E-state index in [2.05, 4.69) is 18.7 Å². The number of hydrogen-bond donors (Lipinski definition) is 1. The lowest BCUT2D eigenvalue weighted by Crippen LogP contribution is -2.41. The molecule has 0 saturated carbocycles. The van der Waals surface area contributed by atoms with Gasteiger partial charge in [-0.15, -0.1) is 11.3 Å². The van der Waals surface area contributed by atoms with E-state index in [-0.39, 0.29) is 6.10 Å². The maximum atomic E-state index is 11.0. The van der Waals surface area contributed by atoms with Crippen LogP contribution in [0.3, 0.4) is 0 Å². The number of nitrogens with zero attached hydrogens (tertiary/aromatic N) is 1. The van der Waals surface area contributed by atoms with E-state index in [1.165, 1.54) is 11.3 Å². The van der Waals surface area contributed by atoms with Crippen LogP contribution in [-0.4, -0.2) is 41.2 Å². The minimum absolute atomic E-state index is 0.255. The number of likely N-dealkylation sites (tertiary alicyclic amines) is 1. The molecule has 118 valence electrons. The van der Waals surface area contributed by atoms with Crippen LogP contribution in [0.5, 0.6) is 5.75 Å². The van der Waals surface area contributed by atoms with Crippen LogP contribution in [0, 0.1) is 0 Å². The molecule has 1 aliphatic heterocycles. The zero-order valence-corrected chi connectivity index (χ0v) is 13.7. The molecule has 2 heterocycles. The molecule has 0 atom stereocenters. The van der Waals surface area contributed by atoms with Crippen LogP contribution < -0.4 is 4.74 Å². The molecule has 1 aromatic heterocycles. The largest absolute Gasteiger partial charge is 0.490 e. The zero-order chi connectivity index (χ0) is 15.7. The maximum Gasteiger partial charge on any atom is 0.345 e. The van der Waals surface area contributed by atoms with E-state index in [0.717, 1.165) is 41.8 Å². The van der Waals surface area contributed by atoms with Gasteiger partial charge in [-0.3, -0.25) is 0 Å². The SMILES string of the molecule is CC(C)N1CCC(Oc2ccc3sc(C(=O)O)cc3c2)CC1. The van der Waals surface area contributed by atoms with Gasteiger partial charge < -0.3 is 14.7 Å². The smallest absolute Gasteiger partial charge is 0.345 e. The van der Waals surface area contributed by atoms with Crippen molar-refractivity contribution in [1.82, 2.24) is 4.90 Å². The number of fused-ring (bicyclic) bond motifs is 1. The number of piperidine rings is 1. The van der Waals surface area contributed by atoms with Gasteiger partial charge in [0, 0.05) is 23.8 Å². The molecule has 1 aromatic carbocycles. The topological polar surface area (TPSA) is 49.8 Å². The zero-order valence-electron chi connectivity index (χ0n) is 12.9. The van der Waals surface area contributed by atoms with Crippen LogP contribution in [0.4, 0.5) is 0 Å². The minimum Gasteiger partial charge on any atom is -0.490 e. The van der Waals surface area contributed by atoms with Gasteiger partial charge in [-0.05, 0) is 56.3 Å². The Bertz CT molecular complexity index is 672. The Labute approximate surface area is 134 Å². The molecule has 0 amide bonds. The first kappa shape index (κ1) is 15.3. The molecular weight excluding hydrogens is 298 g/mol. The van der Waals surface area contributed by atoms with Crippen LogP contribution in [0.15, 0.2) is 24.3 Å². The quantitative estimate of drug-likeness (QED) is 0.930. The van der Waals surface area contributed by atoms with E-state index in [9.17, 15) is 4.79 Å². The Morgan fingerprint density at radius 1 is 1.32 bits per heavy atom. The highest BCUT2D eigenvalue weighted by atomic mass is 32.1. The lowest BCUT2D eigenvalue weighted by Gasteiger charge is -2.34. The van der Waals surface area contributed by atoms with Crippen molar-refractivity contribution in [3.63, 3.8) is 0 Å². The summed E-state index contributed by atoms with van der Waals surface area (Å²) in [5.41, 5.74) is 0. The molecule has 0 radical (unpaired) electrons. The molecule has 0 bridgehead atoms. The first-order valence-corrected chi connectivity index (χ1v) is 8.52. The Morgan fingerprint density at radius 3 is 2.68 bits per heavy atom. The van der Waals surface area contributed by atoms with E-state index >= 15 is 0 Å². The number of carboxylic acid groups (broad SMARTS) is 1. The summed E-state index contributed by atoms with van der Waals surface area (Å²) in [7, 11) is 0.